The van der Waals surface area contributed by atoms with Crippen molar-refractivity contribution in [3.63, 3.8) is 0 Å². The van der Waals surface area contributed by atoms with Gasteiger partial charge < -0.3 is 15.3 Å². The van der Waals surface area contributed by atoms with Crippen molar-refractivity contribution in [2.45, 2.75) is 0 Å². The summed E-state index contributed by atoms with van der Waals surface area (Å²) in [5.74, 6) is -1.58. The van der Waals surface area contributed by atoms with Crippen LogP contribution in [0.1, 0.15) is 10.5 Å². The van der Waals surface area contributed by atoms with Gasteiger partial charge in [-0.2, -0.15) is 0 Å². The number of carboxylic acid groups (broad SMARTS) is 1. The molecule has 6 nitrogen and oxygen atoms in total. The van der Waals surface area contributed by atoms with Gasteiger partial charge in [-0.05, 0) is 12.1 Å². The van der Waals surface area contributed by atoms with Crippen LogP contribution >= 0.6 is 0 Å². The summed E-state index contributed by atoms with van der Waals surface area (Å²) in [5.41, 5.74) is 1.03. The largest absolute Gasteiger partial charge is 0.480 e. The van der Waals surface area contributed by atoms with Gasteiger partial charge in [-0.1, -0.05) is 0 Å². The van der Waals surface area contributed by atoms with Crippen LogP contribution in [0.4, 0.5) is 5.69 Å². The number of aromatic nitrogens is 1. The number of aliphatic carboxylic acids is 1. The Bertz CT molecular complexity index is 404. The molecule has 0 bridgehead atoms. The van der Waals surface area contributed by atoms with E-state index in [0.29, 0.717) is 0 Å². The van der Waals surface area contributed by atoms with Crippen LogP contribution < -0.4 is 10.2 Å². The second-order valence-corrected chi connectivity index (χ2v) is 3.37. The number of hydrogen-bond acceptors (Lipinski definition) is 4. The number of pyridine rings is 1. The third-order valence-corrected chi connectivity index (χ3v) is 1.89. The lowest BCUT2D eigenvalue weighted by Gasteiger charge is -2.12. The van der Waals surface area contributed by atoms with Crippen LogP contribution in [0.2, 0.25) is 0 Å². The highest BCUT2D eigenvalue weighted by Gasteiger charge is 2.09. The van der Waals surface area contributed by atoms with Crippen molar-refractivity contribution in [2.24, 2.45) is 0 Å². The van der Waals surface area contributed by atoms with Crippen LogP contribution in [-0.4, -0.2) is 42.6 Å². The van der Waals surface area contributed by atoms with Gasteiger partial charge in [0, 0.05) is 26.0 Å². The van der Waals surface area contributed by atoms with Crippen molar-refractivity contribution >= 4 is 17.6 Å². The van der Waals surface area contributed by atoms with Crippen LogP contribution in [0.15, 0.2) is 18.3 Å². The molecule has 0 aliphatic heterocycles. The van der Waals surface area contributed by atoms with Crippen molar-refractivity contribution in [1.82, 2.24) is 10.3 Å². The molecule has 0 saturated heterocycles. The molecule has 86 valence electrons. The predicted molar refractivity (Wildman–Crippen MR) is 58.5 cm³/mol. The lowest BCUT2D eigenvalue weighted by Crippen LogP contribution is -2.30. The summed E-state index contributed by atoms with van der Waals surface area (Å²) in [6.45, 7) is -0.410. The van der Waals surface area contributed by atoms with E-state index in [1.54, 1.807) is 12.1 Å². The molecule has 0 aliphatic rings. The Labute approximate surface area is 92.9 Å². The van der Waals surface area contributed by atoms with Gasteiger partial charge in [-0.15, -0.1) is 0 Å². The first-order valence-corrected chi connectivity index (χ1v) is 4.64. The number of carbonyl (C=O) groups excluding carboxylic acids is 1. The van der Waals surface area contributed by atoms with Crippen molar-refractivity contribution in [1.29, 1.82) is 0 Å². The average Bonchev–Trinajstić information content (AvgIpc) is 2.26. The number of amides is 1. The van der Waals surface area contributed by atoms with Gasteiger partial charge in [-0.3, -0.25) is 14.6 Å². The predicted octanol–water partition coefficient (Wildman–Crippen LogP) is -0.0380. The fraction of sp³-hybridized carbons (Fsp3) is 0.300. The summed E-state index contributed by atoms with van der Waals surface area (Å²) in [4.78, 5) is 27.4. The molecule has 1 aromatic heterocycles. The van der Waals surface area contributed by atoms with Gasteiger partial charge in [0.05, 0.1) is 0 Å². The fourth-order valence-corrected chi connectivity index (χ4v) is 1.07. The molecule has 0 aliphatic carbocycles. The normalized spacial score (nSPS) is 9.62. The molecule has 0 aromatic carbocycles. The van der Waals surface area contributed by atoms with Gasteiger partial charge in [0.2, 0.25) is 0 Å². The van der Waals surface area contributed by atoms with Crippen LogP contribution in [0, 0.1) is 0 Å². The summed E-state index contributed by atoms with van der Waals surface area (Å²) in [6, 6.07) is 3.35. The van der Waals surface area contributed by atoms with E-state index < -0.39 is 18.4 Å². The van der Waals surface area contributed by atoms with Crippen LogP contribution in [0.3, 0.4) is 0 Å². The van der Waals surface area contributed by atoms with E-state index in [1.807, 2.05) is 19.0 Å². The number of nitrogens with zero attached hydrogens (tertiary/aromatic N) is 2. The Morgan fingerprint density at radius 3 is 2.75 bits per heavy atom. The van der Waals surface area contributed by atoms with E-state index in [1.165, 1.54) is 6.20 Å². The number of anilines is 1. The van der Waals surface area contributed by atoms with Gasteiger partial charge in [0.1, 0.15) is 12.2 Å². The van der Waals surface area contributed by atoms with E-state index in [0.717, 1.165) is 5.69 Å². The number of carboxylic acids is 1. The molecule has 16 heavy (non-hydrogen) atoms. The minimum Gasteiger partial charge on any atom is -0.480 e. The molecule has 2 N–H and O–H groups in total. The zero-order valence-corrected chi connectivity index (χ0v) is 9.10. The van der Waals surface area contributed by atoms with E-state index in [2.05, 4.69) is 10.3 Å². The third-order valence-electron chi connectivity index (χ3n) is 1.89. The first kappa shape index (κ1) is 12.0. The second-order valence-electron chi connectivity index (χ2n) is 3.37. The SMILES string of the molecule is CN(C)c1ccnc(C(=O)NCC(=O)O)c1. The number of rotatable bonds is 4. The molecule has 1 rings (SSSR count). The lowest BCUT2D eigenvalue weighted by molar-refractivity contribution is -0.135. The van der Waals surface area contributed by atoms with Crippen LogP contribution in [0.25, 0.3) is 0 Å². The van der Waals surface area contributed by atoms with E-state index in [-0.39, 0.29) is 5.69 Å². The Balaban J connectivity index is 2.75. The molecule has 6 heteroatoms. The van der Waals surface area contributed by atoms with Crippen molar-refractivity contribution in [3.8, 4) is 0 Å². The van der Waals surface area contributed by atoms with Crippen molar-refractivity contribution < 1.29 is 14.7 Å². The molecule has 0 radical (unpaired) electrons. The average molecular weight is 223 g/mol. The van der Waals surface area contributed by atoms with E-state index in [9.17, 15) is 9.59 Å². The lowest BCUT2D eigenvalue weighted by atomic mass is 10.3. The Hall–Kier alpha value is -2.11. The molecule has 0 spiro atoms. The van der Waals surface area contributed by atoms with Crippen LogP contribution in [0.5, 0.6) is 0 Å². The summed E-state index contributed by atoms with van der Waals surface area (Å²) in [5, 5.41) is 10.7. The second kappa shape index (κ2) is 5.11. The summed E-state index contributed by atoms with van der Waals surface area (Å²) in [7, 11) is 3.68. The van der Waals surface area contributed by atoms with E-state index >= 15 is 0 Å². The highest BCUT2D eigenvalue weighted by atomic mass is 16.4. The maximum absolute atomic E-state index is 11.5. The highest BCUT2D eigenvalue weighted by molar-refractivity contribution is 5.94. The summed E-state index contributed by atoms with van der Waals surface area (Å²) < 4.78 is 0. The molecule has 0 saturated carbocycles. The molecule has 1 amide bonds. The topological polar surface area (TPSA) is 82.5 Å². The Kier molecular flexibility index (Phi) is 3.82. The van der Waals surface area contributed by atoms with Crippen molar-refractivity contribution in [2.75, 3.05) is 25.5 Å². The van der Waals surface area contributed by atoms with Gasteiger partial charge >= 0.3 is 5.97 Å². The maximum Gasteiger partial charge on any atom is 0.322 e. The minimum atomic E-state index is -1.09. The van der Waals surface area contributed by atoms with Gasteiger partial charge in [0.25, 0.3) is 5.91 Å². The quantitative estimate of drug-likeness (QED) is 0.748. The fourth-order valence-electron chi connectivity index (χ4n) is 1.07. The molecule has 0 unspecified atom stereocenters. The van der Waals surface area contributed by atoms with Gasteiger partial charge in [-0.25, -0.2) is 0 Å². The highest BCUT2D eigenvalue weighted by Crippen LogP contribution is 2.10. The Morgan fingerprint density at radius 1 is 1.50 bits per heavy atom. The summed E-state index contributed by atoms with van der Waals surface area (Å²) in [6.07, 6.45) is 1.50. The van der Waals surface area contributed by atoms with Crippen molar-refractivity contribution in [3.05, 3.63) is 24.0 Å². The smallest absolute Gasteiger partial charge is 0.322 e. The minimum absolute atomic E-state index is 0.201. The van der Waals surface area contributed by atoms with E-state index in [4.69, 9.17) is 5.11 Å². The molecular weight excluding hydrogens is 210 g/mol. The molecule has 1 aromatic rings. The monoisotopic (exact) mass is 223 g/mol. The first-order valence-electron chi connectivity index (χ1n) is 4.64. The molecule has 1 heterocycles. The first-order chi connectivity index (χ1) is 7.50. The van der Waals surface area contributed by atoms with Crippen LogP contribution in [-0.2, 0) is 4.79 Å². The Morgan fingerprint density at radius 2 is 2.19 bits per heavy atom. The summed E-state index contributed by atoms with van der Waals surface area (Å²) >= 11 is 0. The zero-order chi connectivity index (χ0) is 12.1. The standard InChI is InChI=1S/C10H13N3O3/c1-13(2)7-3-4-11-8(5-7)10(16)12-6-9(14)15/h3-5H,6H2,1-2H3,(H,12,16)(H,14,15). The third kappa shape index (κ3) is 3.23. The molecule has 0 fully saturated rings. The number of hydrogen-bond donors (Lipinski definition) is 2. The zero-order valence-electron chi connectivity index (χ0n) is 9.10. The van der Waals surface area contributed by atoms with Gasteiger partial charge in [0.15, 0.2) is 0 Å². The number of carbonyl (C=O) groups is 2. The maximum atomic E-state index is 11.5. The number of nitrogens with one attached hydrogen (secondary N) is 1. The molecular formula is C10H13N3O3. The molecule has 0 atom stereocenters.